The van der Waals surface area contributed by atoms with Crippen molar-refractivity contribution >= 4 is 5.91 Å². The smallest absolute Gasteiger partial charge is 0.230 e. The Bertz CT molecular complexity index is 548. The van der Waals surface area contributed by atoms with Crippen LogP contribution in [0.15, 0.2) is 24.3 Å². The average molecular weight is 305 g/mol. The van der Waals surface area contributed by atoms with Gasteiger partial charge < -0.3 is 10.4 Å². The van der Waals surface area contributed by atoms with E-state index in [0.717, 1.165) is 50.5 Å². The molecule has 120 valence electrons. The van der Waals surface area contributed by atoms with Gasteiger partial charge in [-0.3, -0.25) is 4.79 Å². The maximum absolute atomic E-state index is 13.6. The van der Waals surface area contributed by atoms with E-state index < -0.39 is 5.41 Å². The first kappa shape index (κ1) is 15.5. The molecule has 4 heteroatoms. The van der Waals surface area contributed by atoms with Crippen LogP contribution in [0.2, 0.25) is 0 Å². The fourth-order valence-corrected chi connectivity index (χ4v) is 3.59. The number of hydrogen-bond acceptors (Lipinski definition) is 2. The first-order valence-electron chi connectivity index (χ1n) is 8.26. The molecule has 0 aromatic heterocycles. The minimum absolute atomic E-state index is 0.00229. The molecule has 2 N–H and O–H groups in total. The number of carbonyl (C=O) groups excluding carboxylic acids is 1. The Kier molecular flexibility index (Phi) is 4.22. The second-order valence-electron chi connectivity index (χ2n) is 6.99. The molecule has 2 aliphatic rings. The lowest BCUT2D eigenvalue weighted by Gasteiger charge is -2.36. The van der Waals surface area contributed by atoms with Crippen LogP contribution in [0.4, 0.5) is 4.39 Å². The van der Waals surface area contributed by atoms with Crippen molar-refractivity contribution in [1.29, 1.82) is 0 Å². The normalized spacial score (nSPS) is 22.1. The Balaban J connectivity index is 1.81. The third-order valence-electron chi connectivity index (χ3n) is 5.44. The molecular weight excluding hydrogens is 281 g/mol. The zero-order valence-corrected chi connectivity index (χ0v) is 12.9. The van der Waals surface area contributed by atoms with Gasteiger partial charge in [0, 0.05) is 12.0 Å². The molecule has 0 saturated heterocycles. The van der Waals surface area contributed by atoms with Crippen molar-refractivity contribution in [3.8, 4) is 0 Å². The van der Waals surface area contributed by atoms with Crippen molar-refractivity contribution in [3.63, 3.8) is 0 Å². The first-order chi connectivity index (χ1) is 10.6. The fraction of sp³-hybridized carbons (Fsp3) is 0.611. The standard InChI is InChI=1S/C18H24FNO2/c19-15-6-4-5-14(11-15)18(7-2-1-3-8-18)16(22)20-12-17(13-21)9-10-17/h4-6,11,21H,1-3,7-10,12-13H2,(H,20,22). The number of aliphatic hydroxyl groups is 1. The Hall–Kier alpha value is -1.42. The molecule has 0 aliphatic heterocycles. The van der Waals surface area contributed by atoms with E-state index in [0.29, 0.717) is 6.54 Å². The van der Waals surface area contributed by atoms with Gasteiger partial charge in [0.05, 0.1) is 12.0 Å². The summed E-state index contributed by atoms with van der Waals surface area (Å²) in [6.07, 6.45) is 6.60. The highest BCUT2D eigenvalue weighted by Crippen LogP contribution is 2.45. The number of hydrogen-bond donors (Lipinski definition) is 2. The largest absolute Gasteiger partial charge is 0.396 e. The van der Waals surface area contributed by atoms with E-state index in [1.54, 1.807) is 6.07 Å². The van der Waals surface area contributed by atoms with Crippen LogP contribution in [-0.4, -0.2) is 24.2 Å². The molecule has 3 nitrogen and oxygen atoms in total. The second-order valence-corrected chi connectivity index (χ2v) is 6.99. The molecule has 0 unspecified atom stereocenters. The minimum atomic E-state index is -0.605. The SMILES string of the molecule is O=C(NCC1(CO)CC1)C1(c2cccc(F)c2)CCCCC1. The summed E-state index contributed by atoms with van der Waals surface area (Å²) in [7, 11) is 0. The van der Waals surface area contributed by atoms with E-state index in [1.807, 2.05) is 6.07 Å². The van der Waals surface area contributed by atoms with Crippen LogP contribution in [0.3, 0.4) is 0 Å². The van der Waals surface area contributed by atoms with Gasteiger partial charge in [-0.1, -0.05) is 31.4 Å². The summed E-state index contributed by atoms with van der Waals surface area (Å²) in [5, 5.41) is 12.4. The number of halogens is 1. The molecule has 1 aromatic carbocycles. The summed E-state index contributed by atoms with van der Waals surface area (Å²) in [6.45, 7) is 0.652. The van der Waals surface area contributed by atoms with Crippen molar-refractivity contribution in [1.82, 2.24) is 5.32 Å². The molecule has 2 fully saturated rings. The predicted molar refractivity (Wildman–Crippen MR) is 82.9 cm³/mol. The molecule has 0 atom stereocenters. The zero-order valence-electron chi connectivity index (χ0n) is 12.9. The van der Waals surface area contributed by atoms with E-state index in [-0.39, 0.29) is 23.7 Å². The lowest BCUT2D eigenvalue weighted by molar-refractivity contribution is -0.128. The fourth-order valence-electron chi connectivity index (χ4n) is 3.59. The van der Waals surface area contributed by atoms with Crippen LogP contribution in [0.1, 0.15) is 50.5 Å². The van der Waals surface area contributed by atoms with E-state index >= 15 is 0 Å². The Labute approximate surface area is 130 Å². The average Bonchev–Trinajstić information content (AvgIpc) is 3.34. The van der Waals surface area contributed by atoms with Crippen LogP contribution in [0.5, 0.6) is 0 Å². The molecule has 1 aromatic rings. The van der Waals surface area contributed by atoms with E-state index in [4.69, 9.17) is 0 Å². The molecule has 22 heavy (non-hydrogen) atoms. The predicted octanol–water partition coefficient (Wildman–Crippen LogP) is 2.92. The Morgan fingerprint density at radius 2 is 1.91 bits per heavy atom. The van der Waals surface area contributed by atoms with Crippen LogP contribution in [-0.2, 0) is 10.2 Å². The van der Waals surface area contributed by atoms with Crippen molar-refractivity contribution in [3.05, 3.63) is 35.6 Å². The number of aliphatic hydroxyl groups excluding tert-OH is 1. The van der Waals surface area contributed by atoms with Gasteiger partial charge in [0.1, 0.15) is 5.82 Å². The van der Waals surface area contributed by atoms with Gasteiger partial charge in [-0.15, -0.1) is 0 Å². The molecule has 0 bridgehead atoms. The summed E-state index contributed by atoms with van der Waals surface area (Å²) >= 11 is 0. The van der Waals surface area contributed by atoms with Gasteiger partial charge in [0.25, 0.3) is 0 Å². The highest BCUT2D eigenvalue weighted by Gasteiger charge is 2.45. The van der Waals surface area contributed by atoms with Gasteiger partial charge in [-0.25, -0.2) is 4.39 Å². The van der Waals surface area contributed by atoms with Gasteiger partial charge in [-0.2, -0.15) is 0 Å². The Morgan fingerprint density at radius 1 is 1.18 bits per heavy atom. The van der Waals surface area contributed by atoms with Crippen molar-refractivity contribution in [2.24, 2.45) is 5.41 Å². The van der Waals surface area contributed by atoms with E-state index in [9.17, 15) is 14.3 Å². The summed E-state index contributed by atoms with van der Waals surface area (Å²) in [6, 6.07) is 6.48. The number of rotatable bonds is 5. The summed E-state index contributed by atoms with van der Waals surface area (Å²) in [4.78, 5) is 12.9. The lowest BCUT2D eigenvalue weighted by Crippen LogP contribution is -2.47. The molecule has 0 heterocycles. The molecule has 2 saturated carbocycles. The second kappa shape index (κ2) is 5.99. The van der Waals surface area contributed by atoms with Gasteiger partial charge in [-0.05, 0) is 43.4 Å². The number of benzene rings is 1. The van der Waals surface area contributed by atoms with Crippen LogP contribution < -0.4 is 5.32 Å². The van der Waals surface area contributed by atoms with E-state index in [2.05, 4.69) is 5.32 Å². The van der Waals surface area contributed by atoms with Gasteiger partial charge in [0.15, 0.2) is 0 Å². The van der Waals surface area contributed by atoms with Gasteiger partial charge in [0.2, 0.25) is 5.91 Å². The van der Waals surface area contributed by atoms with Crippen LogP contribution >= 0.6 is 0 Å². The third-order valence-corrected chi connectivity index (χ3v) is 5.44. The maximum atomic E-state index is 13.6. The van der Waals surface area contributed by atoms with Crippen molar-refractivity contribution in [2.45, 2.75) is 50.4 Å². The Morgan fingerprint density at radius 3 is 2.50 bits per heavy atom. The number of amides is 1. The lowest BCUT2D eigenvalue weighted by atomic mass is 9.68. The summed E-state index contributed by atoms with van der Waals surface area (Å²) in [5.41, 5.74) is 0.0813. The molecule has 0 radical (unpaired) electrons. The number of nitrogens with one attached hydrogen (secondary N) is 1. The molecular formula is C18H24FNO2. The quantitative estimate of drug-likeness (QED) is 0.879. The van der Waals surface area contributed by atoms with Gasteiger partial charge >= 0.3 is 0 Å². The zero-order chi connectivity index (χ0) is 15.6. The maximum Gasteiger partial charge on any atom is 0.230 e. The summed E-state index contributed by atoms with van der Waals surface area (Å²) in [5.74, 6) is -0.290. The topological polar surface area (TPSA) is 49.3 Å². The highest BCUT2D eigenvalue weighted by molar-refractivity contribution is 5.88. The van der Waals surface area contributed by atoms with E-state index in [1.165, 1.54) is 12.1 Å². The van der Waals surface area contributed by atoms with Crippen molar-refractivity contribution < 1.29 is 14.3 Å². The van der Waals surface area contributed by atoms with Crippen molar-refractivity contribution in [2.75, 3.05) is 13.2 Å². The molecule has 3 rings (SSSR count). The monoisotopic (exact) mass is 305 g/mol. The minimum Gasteiger partial charge on any atom is -0.396 e. The number of carbonyl (C=O) groups is 1. The highest BCUT2D eigenvalue weighted by atomic mass is 19.1. The molecule has 0 spiro atoms. The first-order valence-corrected chi connectivity index (χ1v) is 8.26. The molecule has 2 aliphatic carbocycles. The molecule has 1 amide bonds. The third kappa shape index (κ3) is 2.89. The summed E-state index contributed by atoms with van der Waals surface area (Å²) < 4.78 is 13.6. The van der Waals surface area contributed by atoms with Crippen LogP contribution in [0.25, 0.3) is 0 Å². The van der Waals surface area contributed by atoms with Crippen LogP contribution in [0, 0.1) is 11.2 Å².